The maximum atomic E-state index is 4.99. The van der Waals surface area contributed by atoms with Gasteiger partial charge in [0, 0.05) is 24.4 Å². The van der Waals surface area contributed by atoms with Crippen molar-refractivity contribution in [3.8, 4) is 0 Å². The van der Waals surface area contributed by atoms with Crippen LogP contribution in [0.1, 0.15) is 5.56 Å². The molecule has 100 valence electrons. The fourth-order valence-electron chi connectivity index (χ4n) is 2.21. The first-order chi connectivity index (χ1) is 9.81. The number of anilines is 3. The van der Waals surface area contributed by atoms with Crippen molar-refractivity contribution >= 4 is 45.5 Å². The van der Waals surface area contributed by atoms with E-state index >= 15 is 0 Å². The van der Waals surface area contributed by atoms with Gasteiger partial charge in [-0.25, -0.2) is 4.98 Å². The average Bonchev–Trinajstić information content (AvgIpc) is 3.10. The first-order valence-corrected chi connectivity index (χ1v) is 6.85. The summed E-state index contributed by atoms with van der Waals surface area (Å²) in [4.78, 5) is 15.3. The molecule has 0 saturated heterocycles. The van der Waals surface area contributed by atoms with Crippen molar-refractivity contribution in [1.82, 2.24) is 15.1 Å². The molecule has 4 rings (SSSR count). The van der Waals surface area contributed by atoms with E-state index in [1.807, 2.05) is 6.08 Å². The molecule has 0 aromatic carbocycles. The van der Waals surface area contributed by atoms with Crippen LogP contribution in [0.25, 0.3) is 6.08 Å². The molecule has 4 heterocycles. The summed E-state index contributed by atoms with van der Waals surface area (Å²) in [6.07, 6.45) is 5.32. The highest BCUT2D eigenvalue weighted by atomic mass is 79.9. The third-order valence-corrected chi connectivity index (χ3v) is 3.64. The van der Waals surface area contributed by atoms with Gasteiger partial charge in [0.1, 0.15) is 11.7 Å². The molecular weight excluding hydrogens is 324 g/mol. The van der Waals surface area contributed by atoms with Crippen LogP contribution in [-0.4, -0.2) is 34.0 Å². The molecule has 0 fully saturated rings. The zero-order chi connectivity index (χ0) is 13.5. The summed E-state index contributed by atoms with van der Waals surface area (Å²) >= 11 is 3.53. The molecule has 2 aliphatic heterocycles. The van der Waals surface area contributed by atoms with Crippen LogP contribution < -0.4 is 10.2 Å². The molecule has 0 aliphatic carbocycles. The maximum Gasteiger partial charge on any atom is 0.231 e. The zero-order valence-corrected chi connectivity index (χ0v) is 11.8. The monoisotopic (exact) mass is 332 g/mol. The largest absolute Gasteiger partial charge is 0.338 e. The summed E-state index contributed by atoms with van der Waals surface area (Å²) in [6.45, 7) is 1.59. The summed E-state index contributed by atoms with van der Waals surface area (Å²) in [5.41, 5.74) is 0.959. The van der Waals surface area contributed by atoms with Crippen LogP contribution in [0, 0.1) is 0 Å². The summed E-state index contributed by atoms with van der Waals surface area (Å²) in [6, 6.07) is 1.71. The minimum Gasteiger partial charge on any atom is -0.338 e. The van der Waals surface area contributed by atoms with Gasteiger partial charge in [-0.3, -0.25) is 10.3 Å². The second-order valence-electron chi connectivity index (χ2n) is 4.32. The lowest BCUT2D eigenvalue weighted by atomic mass is 10.2. The molecule has 0 bridgehead atoms. The molecule has 0 saturated carbocycles. The van der Waals surface area contributed by atoms with Gasteiger partial charge in [0.25, 0.3) is 0 Å². The van der Waals surface area contributed by atoms with E-state index in [-0.39, 0.29) is 0 Å². The normalized spacial score (nSPS) is 16.4. The van der Waals surface area contributed by atoms with E-state index < -0.39 is 0 Å². The first kappa shape index (κ1) is 11.6. The molecule has 20 heavy (non-hydrogen) atoms. The second-order valence-corrected chi connectivity index (χ2v) is 5.18. The Morgan fingerprint density at radius 2 is 2.35 bits per heavy atom. The fraction of sp³-hybridized carbons (Fsp3) is 0.167. The Balaban J connectivity index is 1.74. The standard InChI is InChI=1S/C12H9BrN6O/c13-8-5-7-6-15-12(17-9-1-2-16-20-9)18-10(7)19-4-3-14-11(8)19/h1-2,5-6H,3-4H2,(H,15,17,18). The van der Waals surface area contributed by atoms with E-state index in [2.05, 4.69) is 46.3 Å². The van der Waals surface area contributed by atoms with Crippen LogP contribution in [0.2, 0.25) is 0 Å². The van der Waals surface area contributed by atoms with E-state index in [0.29, 0.717) is 11.8 Å². The van der Waals surface area contributed by atoms with E-state index in [9.17, 15) is 0 Å². The number of rotatable bonds is 2. The van der Waals surface area contributed by atoms with Crippen LogP contribution in [0.3, 0.4) is 0 Å². The first-order valence-electron chi connectivity index (χ1n) is 6.05. The van der Waals surface area contributed by atoms with Gasteiger partial charge < -0.3 is 9.42 Å². The summed E-state index contributed by atoms with van der Waals surface area (Å²) < 4.78 is 5.95. The Labute approximate surface area is 122 Å². The van der Waals surface area contributed by atoms with E-state index in [1.54, 1.807) is 18.5 Å². The Morgan fingerprint density at radius 1 is 1.40 bits per heavy atom. The Morgan fingerprint density at radius 3 is 3.20 bits per heavy atom. The fourth-order valence-corrected chi connectivity index (χ4v) is 2.80. The van der Waals surface area contributed by atoms with Crippen LogP contribution in [0.5, 0.6) is 0 Å². The average molecular weight is 333 g/mol. The zero-order valence-electron chi connectivity index (χ0n) is 10.2. The van der Waals surface area contributed by atoms with Crippen molar-refractivity contribution in [2.45, 2.75) is 0 Å². The van der Waals surface area contributed by atoms with Gasteiger partial charge in [-0.2, -0.15) is 4.98 Å². The van der Waals surface area contributed by atoms with Gasteiger partial charge in [-0.1, -0.05) is 5.16 Å². The van der Waals surface area contributed by atoms with Gasteiger partial charge in [-0.05, 0) is 22.0 Å². The molecule has 2 aromatic rings. The van der Waals surface area contributed by atoms with Crippen LogP contribution in [-0.2, 0) is 0 Å². The second kappa shape index (κ2) is 4.41. The lowest BCUT2D eigenvalue weighted by Gasteiger charge is -2.25. The summed E-state index contributed by atoms with van der Waals surface area (Å²) in [5, 5.41) is 6.61. The van der Waals surface area contributed by atoms with Gasteiger partial charge in [-0.15, -0.1) is 0 Å². The number of nitrogens with one attached hydrogen (secondary N) is 1. The lowest BCUT2D eigenvalue weighted by Crippen LogP contribution is -2.31. The molecule has 8 heteroatoms. The van der Waals surface area contributed by atoms with Gasteiger partial charge in [0.2, 0.25) is 11.8 Å². The number of aliphatic imine (C=N–C) groups is 1. The predicted molar refractivity (Wildman–Crippen MR) is 78.4 cm³/mol. The van der Waals surface area contributed by atoms with Crippen LogP contribution in [0.15, 0.2) is 32.5 Å². The maximum absolute atomic E-state index is 4.99. The summed E-state index contributed by atoms with van der Waals surface area (Å²) in [5.74, 6) is 2.74. The smallest absolute Gasteiger partial charge is 0.231 e. The number of hydrogen-bond donors (Lipinski definition) is 1. The third-order valence-electron chi connectivity index (χ3n) is 3.06. The number of aromatic nitrogens is 3. The SMILES string of the molecule is BrC1=Cc2cnc(Nc3ccno3)nc2N2CCN=C12. The highest BCUT2D eigenvalue weighted by Gasteiger charge is 2.28. The number of nitrogens with zero attached hydrogens (tertiary/aromatic N) is 5. The van der Waals surface area contributed by atoms with Gasteiger partial charge in [0.15, 0.2) is 0 Å². The van der Waals surface area contributed by atoms with Crippen molar-refractivity contribution in [3.63, 3.8) is 0 Å². The van der Waals surface area contributed by atoms with Gasteiger partial charge in [0.05, 0.1) is 17.2 Å². The van der Waals surface area contributed by atoms with Crippen molar-refractivity contribution in [2.75, 3.05) is 23.3 Å². The van der Waals surface area contributed by atoms with Crippen molar-refractivity contribution in [3.05, 3.63) is 28.5 Å². The Hall–Kier alpha value is -2.22. The number of hydrogen-bond acceptors (Lipinski definition) is 7. The predicted octanol–water partition coefficient (Wildman–Crippen LogP) is 2.18. The highest BCUT2D eigenvalue weighted by Crippen LogP contribution is 2.33. The Bertz CT molecular complexity index is 724. The number of amidine groups is 1. The van der Waals surface area contributed by atoms with E-state index in [1.165, 1.54) is 0 Å². The van der Waals surface area contributed by atoms with E-state index in [4.69, 9.17) is 4.52 Å². The molecule has 1 N–H and O–H groups in total. The minimum atomic E-state index is 0.471. The minimum absolute atomic E-state index is 0.471. The van der Waals surface area contributed by atoms with Crippen molar-refractivity contribution in [2.24, 2.45) is 4.99 Å². The molecule has 0 amide bonds. The molecule has 0 unspecified atom stereocenters. The molecule has 7 nitrogen and oxygen atoms in total. The van der Waals surface area contributed by atoms with E-state index in [0.717, 1.165) is 34.8 Å². The highest BCUT2D eigenvalue weighted by molar-refractivity contribution is 9.12. The summed E-state index contributed by atoms with van der Waals surface area (Å²) in [7, 11) is 0. The van der Waals surface area contributed by atoms with Crippen molar-refractivity contribution < 1.29 is 4.52 Å². The topological polar surface area (TPSA) is 79.4 Å². The van der Waals surface area contributed by atoms with Crippen LogP contribution >= 0.6 is 15.9 Å². The molecule has 0 atom stereocenters. The van der Waals surface area contributed by atoms with Crippen molar-refractivity contribution in [1.29, 1.82) is 0 Å². The molecule has 0 radical (unpaired) electrons. The molecular formula is C12H9BrN6O. The molecule has 2 aliphatic rings. The van der Waals surface area contributed by atoms with Gasteiger partial charge >= 0.3 is 0 Å². The number of halogens is 1. The van der Waals surface area contributed by atoms with Crippen LogP contribution in [0.4, 0.5) is 17.7 Å². The Kier molecular flexibility index (Phi) is 2.56. The lowest BCUT2D eigenvalue weighted by molar-refractivity contribution is 0.434. The quantitative estimate of drug-likeness (QED) is 0.907. The molecule has 0 spiro atoms. The number of fused-ring (bicyclic) bond motifs is 3. The third kappa shape index (κ3) is 1.80. The molecule has 2 aromatic heterocycles.